The highest BCUT2D eigenvalue weighted by molar-refractivity contribution is 8.00. The zero-order valence-corrected chi connectivity index (χ0v) is 10.4. The third-order valence-corrected chi connectivity index (χ3v) is 3.16. The molecule has 2 aromatic rings. The molecule has 5 nitrogen and oxygen atoms in total. The van der Waals surface area contributed by atoms with Crippen LogP contribution in [0.2, 0.25) is 0 Å². The highest BCUT2D eigenvalue weighted by Crippen LogP contribution is 2.24. The number of nitrogens with two attached hydrogens (primary N) is 1. The summed E-state index contributed by atoms with van der Waals surface area (Å²) in [6.45, 7) is 1.74. The lowest BCUT2D eigenvalue weighted by molar-refractivity contribution is 0.628. The van der Waals surface area contributed by atoms with Crippen molar-refractivity contribution in [3.8, 4) is 17.5 Å². The number of nitriles is 1. The van der Waals surface area contributed by atoms with E-state index in [0.717, 1.165) is 0 Å². The first-order valence-corrected chi connectivity index (χ1v) is 6.02. The van der Waals surface area contributed by atoms with Crippen LogP contribution in [0, 0.1) is 17.1 Å². The van der Waals surface area contributed by atoms with Gasteiger partial charge in [-0.25, -0.2) is 9.07 Å². The van der Waals surface area contributed by atoms with E-state index in [9.17, 15) is 4.39 Å². The third kappa shape index (κ3) is 2.43. The maximum absolute atomic E-state index is 13.1. The summed E-state index contributed by atoms with van der Waals surface area (Å²) < 4.78 is 14.4. The van der Waals surface area contributed by atoms with Crippen LogP contribution < -0.4 is 5.84 Å². The Hall–Kier alpha value is -2.07. The molecular formula is C11H10FN5S. The predicted molar refractivity (Wildman–Crippen MR) is 66.5 cm³/mol. The van der Waals surface area contributed by atoms with E-state index in [1.54, 1.807) is 19.1 Å². The zero-order chi connectivity index (χ0) is 13.1. The number of rotatable bonds is 3. The zero-order valence-electron chi connectivity index (χ0n) is 9.54. The van der Waals surface area contributed by atoms with Gasteiger partial charge in [0.2, 0.25) is 5.16 Å². The van der Waals surface area contributed by atoms with Crippen molar-refractivity contribution in [1.82, 2.24) is 14.9 Å². The lowest BCUT2D eigenvalue weighted by atomic mass is 10.2. The van der Waals surface area contributed by atoms with Crippen molar-refractivity contribution in [2.24, 2.45) is 0 Å². The molecular weight excluding hydrogens is 253 g/mol. The Balaban J connectivity index is 2.34. The summed E-state index contributed by atoms with van der Waals surface area (Å²) >= 11 is 1.20. The lowest BCUT2D eigenvalue weighted by Crippen LogP contribution is -2.12. The van der Waals surface area contributed by atoms with E-state index in [2.05, 4.69) is 16.3 Å². The Labute approximate surface area is 107 Å². The van der Waals surface area contributed by atoms with Crippen LogP contribution in [-0.2, 0) is 0 Å². The third-order valence-electron chi connectivity index (χ3n) is 2.21. The molecule has 18 heavy (non-hydrogen) atoms. The molecule has 7 heteroatoms. The summed E-state index contributed by atoms with van der Waals surface area (Å²) in [5, 5.41) is 16.7. The topological polar surface area (TPSA) is 80.5 Å². The summed E-state index contributed by atoms with van der Waals surface area (Å²) in [6, 6.07) is 8.00. The van der Waals surface area contributed by atoms with Crippen molar-refractivity contribution in [3.05, 3.63) is 30.1 Å². The van der Waals surface area contributed by atoms with Crippen LogP contribution >= 0.6 is 11.8 Å². The Morgan fingerprint density at radius 3 is 2.94 bits per heavy atom. The van der Waals surface area contributed by atoms with Crippen LogP contribution in [0.4, 0.5) is 4.39 Å². The normalized spacial score (nSPS) is 12.1. The molecule has 92 valence electrons. The van der Waals surface area contributed by atoms with Crippen LogP contribution in [0.1, 0.15) is 6.92 Å². The second-order valence-electron chi connectivity index (χ2n) is 3.58. The fourth-order valence-electron chi connectivity index (χ4n) is 1.37. The number of benzene rings is 1. The standard InChI is InChI=1S/C11H10FN5S/c1-7(6-13)18-11-16-15-10(17(11)14)8-3-2-4-9(12)5-8/h2-5,7H,14H2,1H3/t7-/m0/s1. The van der Waals surface area contributed by atoms with Crippen molar-refractivity contribution >= 4 is 11.8 Å². The Morgan fingerprint density at radius 1 is 1.50 bits per heavy atom. The number of hydrogen-bond donors (Lipinski definition) is 1. The van der Waals surface area contributed by atoms with Gasteiger partial charge in [0.1, 0.15) is 5.82 Å². The Kier molecular flexibility index (Phi) is 3.48. The molecule has 0 radical (unpaired) electrons. The number of aromatic nitrogens is 3. The van der Waals surface area contributed by atoms with Gasteiger partial charge in [-0.15, -0.1) is 10.2 Å². The molecule has 1 aromatic heterocycles. The molecule has 0 saturated heterocycles. The second kappa shape index (κ2) is 5.06. The van der Waals surface area contributed by atoms with E-state index in [4.69, 9.17) is 11.1 Å². The molecule has 0 fully saturated rings. The van der Waals surface area contributed by atoms with Gasteiger partial charge in [-0.1, -0.05) is 23.9 Å². The van der Waals surface area contributed by atoms with Crippen LogP contribution in [0.3, 0.4) is 0 Å². The summed E-state index contributed by atoms with van der Waals surface area (Å²) in [6.07, 6.45) is 0. The van der Waals surface area contributed by atoms with Gasteiger partial charge in [-0.3, -0.25) is 0 Å². The van der Waals surface area contributed by atoms with E-state index < -0.39 is 0 Å². The van der Waals surface area contributed by atoms with Gasteiger partial charge in [-0.2, -0.15) is 5.26 Å². The smallest absolute Gasteiger partial charge is 0.211 e. The van der Waals surface area contributed by atoms with Crippen molar-refractivity contribution in [3.63, 3.8) is 0 Å². The molecule has 1 aromatic carbocycles. The molecule has 0 aliphatic carbocycles. The summed E-state index contributed by atoms with van der Waals surface area (Å²) in [5.41, 5.74) is 0.543. The molecule has 0 saturated carbocycles. The number of thioether (sulfide) groups is 1. The molecule has 2 rings (SSSR count). The molecule has 0 aliphatic rings. The maximum atomic E-state index is 13.1. The quantitative estimate of drug-likeness (QED) is 0.674. The van der Waals surface area contributed by atoms with Crippen LogP contribution in [0.15, 0.2) is 29.4 Å². The first kappa shape index (κ1) is 12.4. The van der Waals surface area contributed by atoms with Crippen molar-refractivity contribution < 1.29 is 4.39 Å². The molecule has 2 N–H and O–H groups in total. The van der Waals surface area contributed by atoms with Crippen LogP contribution in [-0.4, -0.2) is 20.1 Å². The van der Waals surface area contributed by atoms with E-state index in [1.165, 1.54) is 28.6 Å². The summed E-state index contributed by atoms with van der Waals surface area (Å²) in [4.78, 5) is 0. The first-order valence-electron chi connectivity index (χ1n) is 5.14. The molecule has 0 unspecified atom stereocenters. The van der Waals surface area contributed by atoms with E-state index in [1.807, 2.05) is 0 Å². The Morgan fingerprint density at radius 2 is 2.28 bits per heavy atom. The van der Waals surface area contributed by atoms with E-state index in [-0.39, 0.29) is 11.1 Å². The minimum absolute atomic E-state index is 0.281. The summed E-state index contributed by atoms with van der Waals surface area (Å²) in [7, 11) is 0. The highest BCUT2D eigenvalue weighted by Gasteiger charge is 2.14. The number of hydrogen-bond acceptors (Lipinski definition) is 5. The van der Waals surface area contributed by atoms with E-state index in [0.29, 0.717) is 16.5 Å². The minimum Gasteiger partial charge on any atom is -0.335 e. The molecule has 0 bridgehead atoms. The van der Waals surface area contributed by atoms with Gasteiger partial charge in [0.05, 0.1) is 11.3 Å². The fraction of sp³-hybridized carbons (Fsp3) is 0.182. The largest absolute Gasteiger partial charge is 0.335 e. The van der Waals surface area contributed by atoms with Crippen LogP contribution in [0.5, 0.6) is 0 Å². The fourth-order valence-corrected chi connectivity index (χ4v) is 2.02. The van der Waals surface area contributed by atoms with Gasteiger partial charge >= 0.3 is 0 Å². The van der Waals surface area contributed by atoms with Crippen molar-refractivity contribution in [1.29, 1.82) is 5.26 Å². The molecule has 0 aliphatic heterocycles. The molecule has 1 atom stereocenters. The molecule has 0 spiro atoms. The maximum Gasteiger partial charge on any atom is 0.211 e. The van der Waals surface area contributed by atoms with Gasteiger partial charge < -0.3 is 5.84 Å². The van der Waals surface area contributed by atoms with Gasteiger partial charge in [0, 0.05) is 5.56 Å². The van der Waals surface area contributed by atoms with E-state index >= 15 is 0 Å². The monoisotopic (exact) mass is 263 g/mol. The van der Waals surface area contributed by atoms with Gasteiger partial charge in [0.15, 0.2) is 5.82 Å². The predicted octanol–water partition coefficient (Wildman–Crippen LogP) is 1.80. The van der Waals surface area contributed by atoms with Crippen molar-refractivity contribution in [2.45, 2.75) is 17.3 Å². The number of halogens is 1. The lowest BCUT2D eigenvalue weighted by Gasteiger charge is -2.04. The number of nitrogen functional groups attached to an aromatic ring is 1. The highest BCUT2D eigenvalue weighted by atomic mass is 32.2. The average Bonchev–Trinajstić information content (AvgIpc) is 2.71. The van der Waals surface area contributed by atoms with Gasteiger partial charge in [0.25, 0.3) is 0 Å². The molecule has 0 amide bonds. The number of nitrogens with zero attached hydrogens (tertiary/aromatic N) is 4. The SMILES string of the molecule is C[C@@H](C#N)Sc1nnc(-c2cccc(F)c2)n1N. The average molecular weight is 263 g/mol. The van der Waals surface area contributed by atoms with Crippen molar-refractivity contribution in [2.75, 3.05) is 5.84 Å². The molecule has 1 heterocycles. The summed E-state index contributed by atoms with van der Waals surface area (Å²) in [5.74, 6) is 5.82. The minimum atomic E-state index is -0.366. The van der Waals surface area contributed by atoms with Gasteiger partial charge in [-0.05, 0) is 19.1 Å². The Bertz CT molecular complexity index is 604. The second-order valence-corrected chi connectivity index (χ2v) is 4.88. The van der Waals surface area contributed by atoms with Crippen LogP contribution in [0.25, 0.3) is 11.4 Å². The first-order chi connectivity index (χ1) is 8.61.